The van der Waals surface area contributed by atoms with Gasteiger partial charge >= 0.3 is 5.97 Å². The standard InChI is InChI=1S/C27H24O5/c1-14-6-5-7-16(12-14)26(30)32-19-10-11-27(3,4)18-9-8-17-21(22(18)19)24(29)23(28)20-15(2)13-31-25(17)20/h5-9,12-13,19H,10-11H2,1-4H3. The lowest BCUT2D eigenvalue weighted by atomic mass is 9.68. The second-order valence-electron chi connectivity index (χ2n) is 9.42. The van der Waals surface area contributed by atoms with E-state index < -0.39 is 23.6 Å². The van der Waals surface area contributed by atoms with E-state index in [2.05, 4.69) is 13.8 Å². The van der Waals surface area contributed by atoms with Crippen LogP contribution >= 0.6 is 0 Å². The van der Waals surface area contributed by atoms with Gasteiger partial charge < -0.3 is 9.15 Å². The Morgan fingerprint density at radius 1 is 1.06 bits per heavy atom. The van der Waals surface area contributed by atoms with Crippen molar-refractivity contribution in [2.24, 2.45) is 0 Å². The summed E-state index contributed by atoms with van der Waals surface area (Å²) in [5, 5.41) is 0. The molecule has 1 aromatic heterocycles. The van der Waals surface area contributed by atoms with E-state index in [1.807, 2.05) is 31.2 Å². The minimum Gasteiger partial charge on any atom is -0.463 e. The molecule has 0 fully saturated rings. The highest BCUT2D eigenvalue weighted by Crippen LogP contribution is 2.49. The summed E-state index contributed by atoms with van der Waals surface area (Å²) in [6, 6.07) is 11.1. The van der Waals surface area contributed by atoms with Crippen LogP contribution in [0.15, 0.2) is 47.1 Å². The van der Waals surface area contributed by atoms with Gasteiger partial charge in [0.05, 0.1) is 17.4 Å². The largest absolute Gasteiger partial charge is 0.463 e. The van der Waals surface area contributed by atoms with Gasteiger partial charge in [-0.05, 0) is 55.4 Å². The highest BCUT2D eigenvalue weighted by atomic mass is 16.5. The Morgan fingerprint density at radius 3 is 2.56 bits per heavy atom. The average molecular weight is 428 g/mol. The Bertz CT molecular complexity index is 1310. The molecule has 5 nitrogen and oxygen atoms in total. The van der Waals surface area contributed by atoms with Crippen molar-refractivity contribution in [2.75, 3.05) is 0 Å². The number of hydrogen-bond donors (Lipinski definition) is 0. The molecule has 0 N–H and O–H groups in total. The summed E-state index contributed by atoms with van der Waals surface area (Å²) in [7, 11) is 0. The van der Waals surface area contributed by atoms with Crippen LogP contribution in [-0.2, 0) is 10.2 Å². The Hall–Kier alpha value is -3.47. The lowest BCUT2D eigenvalue weighted by Crippen LogP contribution is -2.33. The Balaban J connectivity index is 1.67. The second kappa shape index (κ2) is 7.02. The highest BCUT2D eigenvalue weighted by molar-refractivity contribution is 6.53. The van der Waals surface area contributed by atoms with Crippen LogP contribution in [0.3, 0.4) is 0 Å². The van der Waals surface area contributed by atoms with Crippen molar-refractivity contribution >= 4 is 17.5 Å². The summed E-state index contributed by atoms with van der Waals surface area (Å²) in [6.45, 7) is 7.88. The normalized spacial score (nSPS) is 18.6. The lowest BCUT2D eigenvalue weighted by molar-refractivity contribution is 0.0226. The lowest BCUT2D eigenvalue weighted by Gasteiger charge is -2.38. The van der Waals surface area contributed by atoms with Crippen LogP contribution in [0.2, 0.25) is 0 Å². The van der Waals surface area contributed by atoms with E-state index in [0.29, 0.717) is 45.6 Å². The van der Waals surface area contributed by atoms with Crippen LogP contribution in [0.25, 0.3) is 11.3 Å². The monoisotopic (exact) mass is 428 g/mol. The number of benzene rings is 2. The number of Topliss-reactive ketones (excluding diaryl/α,β-unsaturated/α-hetero) is 2. The fourth-order valence-corrected chi connectivity index (χ4v) is 4.99. The number of rotatable bonds is 2. The van der Waals surface area contributed by atoms with Gasteiger partial charge in [-0.25, -0.2) is 4.79 Å². The van der Waals surface area contributed by atoms with Crippen molar-refractivity contribution in [3.05, 3.63) is 81.6 Å². The first kappa shape index (κ1) is 20.4. The van der Waals surface area contributed by atoms with Gasteiger partial charge in [0.25, 0.3) is 0 Å². The molecule has 1 heterocycles. The van der Waals surface area contributed by atoms with Crippen molar-refractivity contribution in [1.82, 2.24) is 0 Å². The summed E-state index contributed by atoms with van der Waals surface area (Å²) < 4.78 is 11.7. The molecule has 0 saturated carbocycles. The topological polar surface area (TPSA) is 73.6 Å². The molecule has 2 aliphatic carbocycles. The van der Waals surface area contributed by atoms with E-state index in [1.54, 1.807) is 19.1 Å². The van der Waals surface area contributed by atoms with Gasteiger partial charge in [0.2, 0.25) is 11.6 Å². The predicted octanol–water partition coefficient (Wildman–Crippen LogP) is 5.91. The number of ketones is 2. The summed E-state index contributed by atoms with van der Waals surface area (Å²) in [4.78, 5) is 39.3. The molecular formula is C27H24O5. The summed E-state index contributed by atoms with van der Waals surface area (Å²) >= 11 is 0. The number of carbonyl (C=O) groups is 3. The van der Waals surface area contributed by atoms with Gasteiger partial charge in [0.15, 0.2) is 0 Å². The summed E-state index contributed by atoms with van der Waals surface area (Å²) in [5.74, 6) is -1.16. The van der Waals surface area contributed by atoms with Gasteiger partial charge in [-0.2, -0.15) is 0 Å². The minimum absolute atomic E-state index is 0.223. The third-order valence-corrected chi connectivity index (χ3v) is 6.71. The molecule has 0 saturated heterocycles. The van der Waals surface area contributed by atoms with E-state index in [1.165, 1.54) is 6.26 Å². The number of ether oxygens (including phenoxy) is 1. The number of esters is 1. The maximum absolute atomic E-state index is 13.3. The first-order valence-electron chi connectivity index (χ1n) is 10.8. The average Bonchev–Trinajstić information content (AvgIpc) is 3.15. The predicted molar refractivity (Wildman–Crippen MR) is 119 cm³/mol. The molecule has 2 aromatic carbocycles. The Labute approximate surface area is 186 Å². The number of carbonyl (C=O) groups excluding carboxylic acids is 3. The maximum Gasteiger partial charge on any atom is 0.338 e. The molecule has 1 unspecified atom stereocenters. The Kier molecular flexibility index (Phi) is 4.48. The molecule has 0 amide bonds. The molecule has 162 valence electrons. The SMILES string of the molecule is Cc1cccc(C(=O)OC2CCC(C)(C)c3ccc4c(c32)C(=O)C(=O)c2c(C)coc2-4)c1. The zero-order valence-electron chi connectivity index (χ0n) is 18.6. The molecule has 5 rings (SSSR count). The van der Waals surface area contributed by atoms with Crippen molar-refractivity contribution in [2.45, 2.75) is 52.1 Å². The highest BCUT2D eigenvalue weighted by Gasteiger charge is 2.43. The van der Waals surface area contributed by atoms with Crippen molar-refractivity contribution in [3.8, 4) is 11.3 Å². The molecule has 0 radical (unpaired) electrons. The zero-order valence-corrected chi connectivity index (χ0v) is 18.6. The fraction of sp³-hybridized carbons (Fsp3) is 0.296. The van der Waals surface area contributed by atoms with Gasteiger partial charge in [0, 0.05) is 16.7 Å². The van der Waals surface area contributed by atoms with E-state index in [-0.39, 0.29) is 5.41 Å². The number of furan rings is 1. The molecular weight excluding hydrogens is 404 g/mol. The van der Waals surface area contributed by atoms with Gasteiger partial charge in [-0.15, -0.1) is 0 Å². The van der Waals surface area contributed by atoms with Crippen molar-refractivity contribution in [3.63, 3.8) is 0 Å². The number of hydrogen-bond acceptors (Lipinski definition) is 5. The summed E-state index contributed by atoms with van der Waals surface area (Å²) in [5.41, 5.74) is 4.63. The van der Waals surface area contributed by atoms with E-state index in [4.69, 9.17) is 9.15 Å². The fourth-order valence-electron chi connectivity index (χ4n) is 4.99. The molecule has 32 heavy (non-hydrogen) atoms. The number of fused-ring (bicyclic) bond motifs is 5. The summed E-state index contributed by atoms with van der Waals surface area (Å²) in [6.07, 6.45) is 2.25. The number of aryl methyl sites for hydroxylation is 2. The third-order valence-electron chi connectivity index (χ3n) is 6.71. The molecule has 5 heteroatoms. The molecule has 0 bridgehead atoms. The van der Waals surface area contributed by atoms with Crippen LogP contribution in [0.5, 0.6) is 0 Å². The van der Waals surface area contributed by atoms with Crippen LogP contribution < -0.4 is 0 Å². The second-order valence-corrected chi connectivity index (χ2v) is 9.42. The van der Waals surface area contributed by atoms with Gasteiger partial charge in [0.1, 0.15) is 11.9 Å². The van der Waals surface area contributed by atoms with Crippen LogP contribution in [-0.4, -0.2) is 17.5 Å². The van der Waals surface area contributed by atoms with E-state index >= 15 is 0 Å². The van der Waals surface area contributed by atoms with Gasteiger partial charge in [-0.3, -0.25) is 9.59 Å². The van der Waals surface area contributed by atoms with E-state index in [9.17, 15) is 14.4 Å². The smallest absolute Gasteiger partial charge is 0.338 e. The molecule has 0 spiro atoms. The first-order chi connectivity index (χ1) is 15.2. The van der Waals surface area contributed by atoms with Crippen LogP contribution in [0.1, 0.15) is 86.1 Å². The molecule has 0 aliphatic heterocycles. The third kappa shape index (κ3) is 2.95. The molecule has 3 aromatic rings. The quantitative estimate of drug-likeness (QED) is 0.375. The van der Waals surface area contributed by atoms with E-state index in [0.717, 1.165) is 17.5 Å². The Morgan fingerprint density at radius 2 is 1.81 bits per heavy atom. The van der Waals surface area contributed by atoms with Crippen molar-refractivity contribution in [1.29, 1.82) is 0 Å². The maximum atomic E-state index is 13.3. The van der Waals surface area contributed by atoms with Gasteiger partial charge in [-0.1, -0.05) is 43.7 Å². The van der Waals surface area contributed by atoms with Crippen molar-refractivity contribution < 1.29 is 23.5 Å². The zero-order chi connectivity index (χ0) is 22.8. The molecule has 2 aliphatic rings. The van der Waals surface area contributed by atoms with Crippen LogP contribution in [0, 0.1) is 13.8 Å². The minimum atomic E-state index is -0.615. The first-order valence-corrected chi connectivity index (χ1v) is 10.8. The van der Waals surface area contributed by atoms with Crippen LogP contribution in [0.4, 0.5) is 0 Å². The molecule has 1 atom stereocenters.